The molecule has 3 aliphatic rings. The lowest BCUT2D eigenvalue weighted by Gasteiger charge is -2.47. The highest BCUT2D eigenvalue weighted by Gasteiger charge is 2.44. The predicted molar refractivity (Wildman–Crippen MR) is 90.7 cm³/mol. The molecule has 0 amide bonds. The number of pyridine rings is 1. The van der Waals surface area contributed by atoms with Gasteiger partial charge in [0.25, 0.3) is 0 Å². The molecule has 4 heterocycles. The number of rotatable bonds is 1. The second-order valence-electron chi connectivity index (χ2n) is 6.52. The Kier molecular flexibility index (Phi) is 3.65. The summed E-state index contributed by atoms with van der Waals surface area (Å²) in [5.74, 6) is 6.65. The zero-order chi connectivity index (χ0) is 15.7. The van der Waals surface area contributed by atoms with Crippen molar-refractivity contribution in [2.45, 2.75) is 18.4 Å². The zero-order valence-corrected chi connectivity index (χ0v) is 13.1. The fourth-order valence-corrected chi connectivity index (χ4v) is 3.62. The van der Waals surface area contributed by atoms with Crippen molar-refractivity contribution < 1.29 is 5.11 Å². The van der Waals surface area contributed by atoms with Gasteiger partial charge in [0.1, 0.15) is 5.60 Å². The molecule has 1 unspecified atom stereocenters. The molecule has 2 bridgehead atoms. The summed E-state index contributed by atoms with van der Waals surface area (Å²) < 4.78 is 0. The SMILES string of the molecule is OC1(C#Cc2ccc(-c3ccccn3)cc2)CN2CCC1CC2. The Morgan fingerprint density at radius 1 is 1.09 bits per heavy atom. The third kappa shape index (κ3) is 2.88. The number of hydrogen-bond acceptors (Lipinski definition) is 3. The van der Waals surface area contributed by atoms with E-state index >= 15 is 0 Å². The molecule has 0 spiro atoms. The fraction of sp³-hybridized carbons (Fsp3) is 0.350. The number of aromatic nitrogens is 1. The Labute approximate surface area is 137 Å². The van der Waals surface area contributed by atoms with Crippen LogP contribution in [0.1, 0.15) is 18.4 Å². The summed E-state index contributed by atoms with van der Waals surface area (Å²) in [5, 5.41) is 10.8. The summed E-state index contributed by atoms with van der Waals surface area (Å²) in [7, 11) is 0. The molecule has 1 atom stereocenters. The highest BCUT2D eigenvalue weighted by Crippen LogP contribution is 2.35. The van der Waals surface area contributed by atoms with E-state index in [1.807, 2.05) is 42.5 Å². The first-order chi connectivity index (χ1) is 11.2. The Morgan fingerprint density at radius 3 is 2.48 bits per heavy atom. The van der Waals surface area contributed by atoms with Crippen LogP contribution < -0.4 is 0 Å². The maximum atomic E-state index is 10.8. The minimum absolute atomic E-state index is 0.327. The molecule has 5 rings (SSSR count). The molecular weight excluding hydrogens is 284 g/mol. The monoisotopic (exact) mass is 304 g/mol. The molecule has 3 fully saturated rings. The Bertz CT molecular complexity index is 737. The lowest BCUT2D eigenvalue weighted by Crippen LogP contribution is -2.58. The molecule has 3 nitrogen and oxygen atoms in total. The first kappa shape index (κ1) is 14.4. The van der Waals surface area contributed by atoms with Gasteiger partial charge >= 0.3 is 0 Å². The second kappa shape index (κ2) is 5.81. The molecule has 3 heteroatoms. The molecule has 3 saturated heterocycles. The maximum Gasteiger partial charge on any atom is 0.141 e. The average Bonchev–Trinajstić information content (AvgIpc) is 2.62. The van der Waals surface area contributed by atoms with Crippen molar-refractivity contribution in [2.75, 3.05) is 19.6 Å². The van der Waals surface area contributed by atoms with E-state index in [2.05, 4.69) is 21.7 Å². The van der Waals surface area contributed by atoms with Crippen molar-refractivity contribution >= 4 is 0 Å². The normalized spacial score (nSPS) is 28.9. The van der Waals surface area contributed by atoms with Gasteiger partial charge in [0.05, 0.1) is 5.69 Å². The van der Waals surface area contributed by atoms with E-state index in [0.717, 1.165) is 42.8 Å². The van der Waals surface area contributed by atoms with E-state index in [0.29, 0.717) is 12.5 Å². The van der Waals surface area contributed by atoms with Crippen LogP contribution >= 0.6 is 0 Å². The largest absolute Gasteiger partial charge is 0.376 e. The van der Waals surface area contributed by atoms with Gasteiger partial charge in [-0.1, -0.05) is 30.0 Å². The summed E-state index contributed by atoms with van der Waals surface area (Å²) in [5.41, 5.74) is 2.14. The van der Waals surface area contributed by atoms with Gasteiger partial charge in [0.15, 0.2) is 0 Å². The molecule has 1 N–H and O–H groups in total. The van der Waals surface area contributed by atoms with Gasteiger partial charge in [0, 0.05) is 29.8 Å². The first-order valence-electron chi connectivity index (χ1n) is 8.22. The lowest BCUT2D eigenvalue weighted by atomic mass is 9.76. The van der Waals surface area contributed by atoms with Gasteiger partial charge < -0.3 is 5.11 Å². The van der Waals surface area contributed by atoms with E-state index in [4.69, 9.17) is 0 Å². The van der Waals surface area contributed by atoms with E-state index in [9.17, 15) is 5.11 Å². The molecule has 3 aliphatic heterocycles. The van der Waals surface area contributed by atoms with Crippen LogP contribution in [0.3, 0.4) is 0 Å². The van der Waals surface area contributed by atoms with Crippen LogP contribution in [0.4, 0.5) is 0 Å². The van der Waals surface area contributed by atoms with E-state index in [1.54, 1.807) is 6.20 Å². The number of benzene rings is 1. The van der Waals surface area contributed by atoms with E-state index in [-0.39, 0.29) is 0 Å². The summed E-state index contributed by atoms with van der Waals surface area (Å²) in [6.07, 6.45) is 3.92. The summed E-state index contributed by atoms with van der Waals surface area (Å²) in [4.78, 5) is 6.67. The van der Waals surface area contributed by atoms with Gasteiger partial charge in [-0.05, 0) is 50.2 Å². The first-order valence-corrected chi connectivity index (χ1v) is 8.22. The molecule has 1 aromatic carbocycles. The number of nitrogens with zero attached hydrogens (tertiary/aromatic N) is 2. The standard InChI is InChI=1S/C20H20N2O/c23-20(15-22-13-9-18(20)10-14-22)11-8-16-4-6-17(7-5-16)19-3-1-2-12-21-19/h1-7,12,18,23H,9-10,13-15H2. The lowest BCUT2D eigenvalue weighted by molar-refractivity contribution is -0.0713. The molecule has 23 heavy (non-hydrogen) atoms. The van der Waals surface area contributed by atoms with Gasteiger partial charge in [-0.2, -0.15) is 0 Å². The quantitative estimate of drug-likeness (QED) is 0.823. The smallest absolute Gasteiger partial charge is 0.141 e. The minimum atomic E-state index is -0.837. The van der Waals surface area contributed by atoms with Crippen LogP contribution in [0.5, 0.6) is 0 Å². The number of aliphatic hydroxyl groups is 1. The Hall–Kier alpha value is -2.15. The third-order valence-electron chi connectivity index (χ3n) is 5.00. The Balaban J connectivity index is 1.54. The van der Waals surface area contributed by atoms with Gasteiger partial charge in [-0.3, -0.25) is 9.88 Å². The number of piperidine rings is 3. The molecule has 0 aliphatic carbocycles. The second-order valence-corrected chi connectivity index (χ2v) is 6.52. The average molecular weight is 304 g/mol. The van der Waals surface area contributed by atoms with Crippen molar-refractivity contribution in [1.82, 2.24) is 9.88 Å². The van der Waals surface area contributed by atoms with Crippen LogP contribution in [-0.4, -0.2) is 40.2 Å². The molecule has 0 radical (unpaired) electrons. The zero-order valence-electron chi connectivity index (χ0n) is 13.1. The molecule has 1 aromatic heterocycles. The fourth-order valence-electron chi connectivity index (χ4n) is 3.62. The van der Waals surface area contributed by atoms with Gasteiger partial charge in [0.2, 0.25) is 0 Å². The summed E-state index contributed by atoms with van der Waals surface area (Å²) in [6.45, 7) is 2.90. The van der Waals surface area contributed by atoms with Gasteiger partial charge in [-0.25, -0.2) is 0 Å². The van der Waals surface area contributed by atoms with Crippen LogP contribution in [0, 0.1) is 17.8 Å². The highest BCUT2D eigenvalue weighted by molar-refractivity contribution is 5.60. The molecule has 2 aromatic rings. The summed E-state index contributed by atoms with van der Waals surface area (Å²) >= 11 is 0. The molecule has 0 saturated carbocycles. The minimum Gasteiger partial charge on any atom is -0.376 e. The van der Waals surface area contributed by atoms with Crippen LogP contribution in [-0.2, 0) is 0 Å². The maximum absolute atomic E-state index is 10.8. The van der Waals surface area contributed by atoms with Gasteiger partial charge in [-0.15, -0.1) is 0 Å². The van der Waals surface area contributed by atoms with Crippen molar-refractivity contribution in [3.8, 4) is 23.1 Å². The Morgan fingerprint density at radius 2 is 1.87 bits per heavy atom. The van der Waals surface area contributed by atoms with Crippen molar-refractivity contribution in [1.29, 1.82) is 0 Å². The van der Waals surface area contributed by atoms with Crippen LogP contribution in [0.2, 0.25) is 0 Å². The van der Waals surface area contributed by atoms with E-state index in [1.165, 1.54) is 0 Å². The van der Waals surface area contributed by atoms with Crippen molar-refractivity contribution in [3.05, 3.63) is 54.2 Å². The van der Waals surface area contributed by atoms with Crippen LogP contribution in [0.25, 0.3) is 11.3 Å². The van der Waals surface area contributed by atoms with Crippen molar-refractivity contribution in [3.63, 3.8) is 0 Å². The molecular formula is C20H20N2O. The molecule has 116 valence electrons. The highest BCUT2D eigenvalue weighted by atomic mass is 16.3. The summed E-state index contributed by atoms with van der Waals surface area (Å²) in [6, 6.07) is 14.0. The van der Waals surface area contributed by atoms with Crippen LogP contribution in [0.15, 0.2) is 48.7 Å². The number of hydrogen-bond donors (Lipinski definition) is 1. The van der Waals surface area contributed by atoms with Crippen molar-refractivity contribution in [2.24, 2.45) is 5.92 Å². The predicted octanol–water partition coefficient (Wildman–Crippen LogP) is 2.56. The third-order valence-corrected chi connectivity index (χ3v) is 5.00. The number of fused-ring (bicyclic) bond motifs is 3. The topological polar surface area (TPSA) is 36.4 Å². The van der Waals surface area contributed by atoms with E-state index < -0.39 is 5.60 Å².